The molecule has 128 valence electrons. The van der Waals surface area contributed by atoms with E-state index in [1.807, 2.05) is 13.8 Å². The summed E-state index contributed by atoms with van der Waals surface area (Å²) in [5.41, 5.74) is 1.05. The van der Waals surface area contributed by atoms with Crippen molar-refractivity contribution in [2.75, 3.05) is 13.6 Å². The highest BCUT2D eigenvalue weighted by Crippen LogP contribution is 2.17. The van der Waals surface area contributed by atoms with Crippen molar-refractivity contribution < 1.29 is 4.79 Å². The first-order valence-electron chi connectivity index (χ1n) is 8.25. The van der Waals surface area contributed by atoms with E-state index in [-0.39, 0.29) is 12.5 Å². The topological polar surface area (TPSA) is 78.4 Å². The molecule has 1 amide bonds. The standard InChI is InChI=1S/C16H27N5OS/c1-11-14(23-12(2)20-11)9-18-16(17-3)19-10-15(22)21-13-7-5-4-6-8-13/h13H,4-10H2,1-3H3,(H,21,22)(H2,17,18,19). The van der Waals surface area contributed by atoms with Gasteiger partial charge >= 0.3 is 0 Å². The zero-order valence-corrected chi connectivity index (χ0v) is 15.1. The highest BCUT2D eigenvalue weighted by Gasteiger charge is 2.15. The molecule has 1 saturated carbocycles. The summed E-state index contributed by atoms with van der Waals surface area (Å²) in [5, 5.41) is 10.5. The number of nitrogens with one attached hydrogen (secondary N) is 3. The highest BCUT2D eigenvalue weighted by molar-refractivity contribution is 7.11. The number of aromatic nitrogens is 1. The summed E-state index contributed by atoms with van der Waals surface area (Å²) >= 11 is 1.68. The fourth-order valence-corrected chi connectivity index (χ4v) is 3.69. The van der Waals surface area contributed by atoms with Crippen molar-refractivity contribution >= 4 is 23.2 Å². The monoisotopic (exact) mass is 337 g/mol. The summed E-state index contributed by atoms with van der Waals surface area (Å²) in [7, 11) is 1.71. The average molecular weight is 337 g/mol. The van der Waals surface area contributed by atoms with E-state index in [2.05, 4.69) is 25.9 Å². The van der Waals surface area contributed by atoms with E-state index >= 15 is 0 Å². The second-order valence-corrected chi connectivity index (χ2v) is 7.21. The van der Waals surface area contributed by atoms with Crippen molar-refractivity contribution in [3.63, 3.8) is 0 Å². The summed E-state index contributed by atoms with van der Waals surface area (Å²) in [6, 6.07) is 0.343. The number of guanidine groups is 1. The van der Waals surface area contributed by atoms with E-state index in [0.717, 1.165) is 23.5 Å². The molecular weight excluding hydrogens is 310 g/mol. The normalized spacial score (nSPS) is 16.2. The van der Waals surface area contributed by atoms with Gasteiger partial charge in [0, 0.05) is 18.0 Å². The molecule has 0 bridgehead atoms. The number of hydrogen-bond acceptors (Lipinski definition) is 4. The van der Waals surface area contributed by atoms with Gasteiger partial charge in [0.2, 0.25) is 5.91 Å². The third-order valence-corrected chi connectivity index (χ3v) is 5.10. The fourth-order valence-electron chi connectivity index (χ4n) is 2.81. The number of aryl methyl sites for hydroxylation is 2. The Morgan fingerprint density at radius 2 is 2.00 bits per heavy atom. The van der Waals surface area contributed by atoms with Crippen LogP contribution in [-0.2, 0) is 11.3 Å². The Labute approximate surface area is 142 Å². The van der Waals surface area contributed by atoms with Crippen LogP contribution in [0.15, 0.2) is 4.99 Å². The van der Waals surface area contributed by atoms with Gasteiger partial charge in [0.15, 0.2) is 5.96 Å². The Balaban J connectivity index is 1.72. The maximum absolute atomic E-state index is 12.0. The first-order valence-corrected chi connectivity index (χ1v) is 9.07. The lowest BCUT2D eigenvalue weighted by atomic mass is 9.95. The summed E-state index contributed by atoms with van der Waals surface area (Å²) in [6.45, 7) is 4.93. The van der Waals surface area contributed by atoms with Crippen LogP contribution in [0, 0.1) is 13.8 Å². The molecule has 0 spiro atoms. The van der Waals surface area contributed by atoms with Crippen LogP contribution in [0.2, 0.25) is 0 Å². The maximum atomic E-state index is 12.0. The molecule has 6 nitrogen and oxygen atoms in total. The number of hydrogen-bond donors (Lipinski definition) is 3. The van der Waals surface area contributed by atoms with Gasteiger partial charge in [-0.05, 0) is 26.7 Å². The van der Waals surface area contributed by atoms with Gasteiger partial charge < -0.3 is 16.0 Å². The molecule has 0 radical (unpaired) electrons. The molecule has 1 fully saturated rings. The Hall–Kier alpha value is -1.63. The third-order valence-electron chi connectivity index (χ3n) is 4.03. The van der Waals surface area contributed by atoms with Crippen LogP contribution >= 0.6 is 11.3 Å². The van der Waals surface area contributed by atoms with E-state index in [9.17, 15) is 4.79 Å². The Morgan fingerprint density at radius 3 is 2.61 bits per heavy atom. The second-order valence-electron chi connectivity index (χ2n) is 5.92. The lowest BCUT2D eigenvalue weighted by Crippen LogP contribution is -2.45. The number of carbonyl (C=O) groups is 1. The zero-order chi connectivity index (χ0) is 16.7. The predicted octanol–water partition coefficient (Wildman–Crippen LogP) is 1.87. The van der Waals surface area contributed by atoms with Crippen molar-refractivity contribution in [2.24, 2.45) is 4.99 Å². The minimum absolute atomic E-state index is 0.0321. The lowest BCUT2D eigenvalue weighted by Gasteiger charge is -2.23. The van der Waals surface area contributed by atoms with Gasteiger partial charge in [-0.25, -0.2) is 4.98 Å². The number of nitrogens with zero attached hydrogens (tertiary/aromatic N) is 2. The molecule has 23 heavy (non-hydrogen) atoms. The minimum Gasteiger partial charge on any atom is -0.352 e. The van der Waals surface area contributed by atoms with Crippen molar-refractivity contribution in [3.8, 4) is 0 Å². The van der Waals surface area contributed by atoms with E-state index in [1.165, 1.54) is 24.1 Å². The van der Waals surface area contributed by atoms with Crippen LogP contribution in [0.25, 0.3) is 0 Å². The van der Waals surface area contributed by atoms with E-state index in [0.29, 0.717) is 18.5 Å². The van der Waals surface area contributed by atoms with Gasteiger partial charge in [-0.1, -0.05) is 19.3 Å². The smallest absolute Gasteiger partial charge is 0.239 e. The first kappa shape index (κ1) is 17.7. The number of rotatable bonds is 5. The molecule has 0 unspecified atom stereocenters. The fraction of sp³-hybridized carbons (Fsp3) is 0.688. The quantitative estimate of drug-likeness (QED) is 0.566. The number of aliphatic imine (C=N–C) groups is 1. The van der Waals surface area contributed by atoms with Gasteiger partial charge in [0.1, 0.15) is 0 Å². The van der Waals surface area contributed by atoms with Crippen LogP contribution in [-0.4, -0.2) is 36.5 Å². The molecule has 1 aliphatic carbocycles. The number of thiazole rings is 1. The van der Waals surface area contributed by atoms with Crippen LogP contribution in [0.5, 0.6) is 0 Å². The first-order chi connectivity index (χ1) is 11.1. The highest BCUT2D eigenvalue weighted by atomic mass is 32.1. The van der Waals surface area contributed by atoms with Crippen molar-refractivity contribution in [1.29, 1.82) is 0 Å². The molecule has 1 aromatic rings. The number of carbonyl (C=O) groups excluding carboxylic acids is 1. The van der Waals surface area contributed by atoms with Gasteiger partial charge in [-0.3, -0.25) is 9.79 Å². The van der Waals surface area contributed by atoms with Crippen LogP contribution < -0.4 is 16.0 Å². The van der Waals surface area contributed by atoms with Gasteiger partial charge in [0.25, 0.3) is 0 Å². The zero-order valence-electron chi connectivity index (χ0n) is 14.2. The second kappa shape index (κ2) is 8.86. The molecule has 2 rings (SSSR count). The molecule has 1 aliphatic rings. The van der Waals surface area contributed by atoms with Crippen molar-refractivity contribution in [3.05, 3.63) is 15.6 Å². The summed E-state index contributed by atoms with van der Waals surface area (Å²) in [4.78, 5) is 21.8. The van der Waals surface area contributed by atoms with Crippen molar-refractivity contribution in [2.45, 2.75) is 58.5 Å². The lowest BCUT2D eigenvalue weighted by molar-refractivity contribution is -0.120. The van der Waals surface area contributed by atoms with Crippen LogP contribution in [0.1, 0.15) is 47.7 Å². The molecule has 0 aromatic carbocycles. The van der Waals surface area contributed by atoms with E-state index in [4.69, 9.17) is 0 Å². The summed E-state index contributed by atoms with van der Waals surface area (Å²) in [6.07, 6.45) is 5.92. The van der Waals surface area contributed by atoms with E-state index in [1.54, 1.807) is 18.4 Å². The Kier molecular flexibility index (Phi) is 6.83. The van der Waals surface area contributed by atoms with Crippen molar-refractivity contribution in [1.82, 2.24) is 20.9 Å². The minimum atomic E-state index is 0.0321. The van der Waals surface area contributed by atoms with Crippen LogP contribution in [0.4, 0.5) is 0 Å². The molecule has 7 heteroatoms. The largest absolute Gasteiger partial charge is 0.352 e. The molecule has 0 aliphatic heterocycles. The van der Waals surface area contributed by atoms with E-state index < -0.39 is 0 Å². The SMILES string of the molecule is CN=C(NCC(=O)NC1CCCCC1)NCc1sc(C)nc1C. The molecule has 1 aromatic heterocycles. The number of amides is 1. The maximum Gasteiger partial charge on any atom is 0.239 e. The van der Waals surface area contributed by atoms with Gasteiger partial charge in [-0.2, -0.15) is 0 Å². The molecule has 0 atom stereocenters. The summed E-state index contributed by atoms with van der Waals surface area (Å²) < 4.78 is 0. The average Bonchev–Trinajstić information content (AvgIpc) is 2.86. The van der Waals surface area contributed by atoms with Gasteiger partial charge in [0.05, 0.1) is 23.8 Å². The molecule has 1 heterocycles. The van der Waals surface area contributed by atoms with Crippen LogP contribution in [0.3, 0.4) is 0 Å². The molecule has 3 N–H and O–H groups in total. The molecular formula is C16H27N5OS. The Morgan fingerprint density at radius 1 is 1.26 bits per heavy atom. The Bertz CT molecular complexity index is 549. The molecule has 0 saturated heterocycles. The summed E-state index contributed by atoms with van der Waals surface area (Å²) in [5.74, 6) is 0.666. The third kappa shape index (κ3) is 5.82. The van der Waals surface area contributed by atoms with Gasteiger partial charge in [-0.15, -0.1) is 11.3 Å². The predicted molar refractivity (Wildman–Crippen MR) is 94.8 cm³/mol.